The van der Waals surface area contributed by atoms with Crippen molar-refractivity contribution in [2.75, 3.05) is 11.9 Å². The van der Waals surface area contributed by atoms with Gasteiger partial charge in [-0.1, -0.05) is 35.0 Å². The second kappa shape index (κ2) is 11.6. The van der Waals surface area contributed by atoms with Crippen molar-refractivity contribution in [2.45, 2.75) is 32.7 Å². The van der Waals surface area contributed by atoms with Gasteiger partial charge in [0.15, 0.2) is 6.29 Å². The molecule has 38 heavy (non-hydrogen) atoms. The number of nitrogens with one attached hydrogen (secondary N) is 5. The summed E-state index contributed by atoms with van der Waals surface area (Å²) in [6.07, 6.45) is 4.74. The highest BCUT2D eigenvalue weighted by Crippen LogP contribution is 2.23. The van der Waals surface area contributed by atoms with Crippen molar-refractivity contribution in [1.82, 2.24) is 25.9 Å². The molecule has 2 unspecified atom stereocenters. The molecule has 0 bridgehead atoms. The van der Waals surface area contributed by atoms with E-state index < -0.39 is 30.8 Å². The van der Waals surface area contributed by atoms with E-state index in [2.05, 4.69) is 21.2 Å². The highest BCUT2D eigenvalue weighted by atomic mass is 35.5. The number of amides is 5. The zero-order valence-corrected chi connectivity index (χ0v) is 21.5. The standard InChI is InChI=1S/C25H27ClN8O4/c1-15-11-17(4-10-21(15)26)13-33-23(30-24(36)34(25(33)37)14-22(35)31-32-27)29-18-5-8-19(9-6-18)38-20-7-3-16(2)28-12-20/h3-12,16,23,28-29H,13-14H2,1-2H3,(H,30,36)(H2,27,31,35). The molecule has 0 aromatic heterocycles. The summed E-state index contributed by atoms with van der Waals surface area (Å²) >= 11 is 6.15. The Morgan fingerprint density at radius 1 is 1.21 bits per heavy atom. The molecule has 5 amide bonds. The highest BCUT2D eigenvalue weighted by Gasteiger charge is 2.39. The molecule has 5 N–H and O–H groups in total. The van der Waals surface area contributed by atoms with Gasteiger partial charge in [0.2, 0.25) is 0 Å². The van der Waals surface area contributed by atoms with Crippen molar-refractivity contribution < 1.29 is 19.1 Å². The third kappa shape index (κ3) is 6.40. The van der Waals surface area contributed by atoms with Crippen molar-refractivity contribution in [3.63, 3.8) is 0 Å². The Hall–Kier alpha value is -4.58. The van der Waals surface area contributed by atoms with Crippen LogP contribution in [0.4, 0.5) is 15.3 Å². The van der Waals surface area contributed by atoms with Gasteiger partial charge in [-0.2, -0.15) is 5.53 Å². The van der Waals surface area contributed by atoms with E-state index in [0.717, 1.165) is 16.0 Å². The Labute approximate surface area is 224 Å². The number of aryl methyl sites for hydroxylation is 1. The van der Waals surface area contributed by atoms with Crippen LogP contribution in [0.1, 0.15) is 18.1 Å². The molecule has 2 atom stereocenters. The average molecular weight is 539 g/mol. The lowest BCUT2D eigenvalue weighted by atomic mass is 10.1. The molecule has 12 nitrogen and oxygen atoms in total. The molecule has 13 heteroatoms. The topological polar surface area (TPSA) is 151 Å². The number of anilines is 1. The smallest absolute Gasteiger partial charge is 0.332 e. The first-order chi connectivity index (χ1) is 18.2. The van der Waals surface area contributed by atoms with Crippen LogP contribution in [0.2, 0.25) is 5.02 Å². The predicted octanol–water partition coefficient (Wildman–Crippen LogP) is 3.82. The largest absolute Gasteiger partial charge is 0.456 e. The first kappa shape index (κ1) is 26.5. The van der Waals surface area contributed by atoms with Crippen molar-refractivity contribution in [3.8, 4) is 5.75 Å². The number of imide groups is 1. The van der Waals surface area contributed by atoms with E-state index >= 15 is 0 Å². The van der Waals surface area contributed by atoms with Crippen molar-refractivity contribution in [2.24, 2.45) is 5.22 Å². The number of hydrogen-bond acceptors (Lipinski definition) is 8. The van der Waals surface area contributed by atoms with Gasteiger partial charge in [-0.05, 0) is 61.4 Å². The van der Waals surface area contributed by atoms with Crippen molar-refractivity contribution in [3.05, 3.63) is 82.7 Å². The number of ether oxygens (including phenoxy) is 1. The number of benzene rings is 2. The van der Waals surface area contributed by atoms with Crippen molar-refractivity contribution in [1.29, 1.82) is 5.53 Å². The number of rotatable bonds is 9. The molecule has 2 aromatic rings. The minimum absolute atomic E-state index is 0.114. The number of hydrogen-bond donors (Lipinski definition) is 5. The number of carbonyl (C=O) groups excluding carboxylic acids is 3. The van der Waals surface area contributed by atoms with Gasteiger partial charge in [0, 0.05) is 23.0 Å². The SMILES string of the molecule is Cc1cc(CN2C(=O)N(CC(=O)NN=N)C(=O)NC2Nc2ccc(OC3=CNC(C)C=C3)cc2)ccc1Cl. The van der Waals surface area contributed by atoms with Gasteiger partial charge in [-0.3, -0.25) is 15.0 Å². The van der Waals surface area contributed by atoms with Gasteiger partial charge < -0.3 is 15.4 Å². The monoisotopic (exact) mass is 538 g/mol. The fraction of sp³-hybridized carbons (Fsp3) is 0.240. The maximum atomic E-state index is 13.4. The summed E-state index contributed by atoms with van der Waals surface area (Å²) in [5.41, 5.74) is 10.9. The van der Waals surface area contributed by atoms with E-state index in [9.17, 15) is 14.4 Å². The molecule has 4 rings (SSSR count). The molecule has 0 radical (unpaired) electrons. The van der Waals surface area contributed by atoms with E-state index in [4.69, 9.17) is 21.9 Å². The predicted molar refractivity (Wildman–Crippen MR) is 140 cm³/mol. The maximum Gasteiger partial charge on any atom is 0.332 e. The molecule has 2 heterocycles. The quantitative estimate of drug-likeness (QED) is 0.242. The molecule has 198 valence electrons. The Bertz CT molecular complexity index is 1300. The zero-order chi connectivity index (χ0) is 27.2. The Morgan fingerprint density at radius 2 is 1.97 bits per heavy atom. The molecule has 0 spiro atoms. The van der Waals surface area contributed by atoms with E-state index in [0.29, 0.717) is 22.2 Å². The summed E-state index contributed by atoms with van der Waals surface area (Å²) in [7, 11) is 0. The second-order valence-corrected chi connectivity index (χ2v) is 9.12. The Kier molecular flexibility index (Phi) is 8.12. The zero-order valence-electron chi connectivity index (χ0n) is 20.7. The maximum absolute atomic E-state index is 13.4. The molecule has 2 aliphatic heterocycles. The lowest BCUT2D eigenvalue weighted by molar-refractivity contribution is -0.121. The lowest BCUT2D eigenvalue weighted by Gasteiger charge is -2.41. The second-order valence-electron chi connectivity index (χ2n) is 8.71. The first-order valence-corrected chi connectivity index (χ1v) is 12.1. The number of halogens is 1. The van der Waals surface area contributed by atoms with Crippen LogP contribution >= 0.6 is 11.6 Å². The van der Waals surface area contributed by atoms with Gasteiger partial charge in [0.1, 0.15) is 18.1 Å². The summed E-state index contributed by atoms with van der Waals surface area (Å²) in [4.78, 5) is 40.2. The molecule has 0 saturated carbocycles. The molecule has 0 aliphatic carbocycles. The Balaban J connectivity index is 1.52. The minimum Gasteiger partial charge on any atom is -0.456 e. The molecule has 2 aromatic carbocycles. The van der Waals surface area contributed by atoms with Crippen LogP contribution in [0.5, 0.6) is 5.75 Å². The molecular formula is C25H27ClN8O4. The van der Waals surface area contributed by atoms with Crippen LogP contribution in [0.3, 0.4) is 0 Å². The third-order valence-electron chi connectivity index (χ3n) is 5.78. The van der Waals surface area contributed by atoms with Crippen LogP contribution in [-0.2, 0) is 11.3 Å². The van der Waals surface area contributed by atoms with Crippen molar-refractivity contribution >= 4 is 35.3 Å². The molecular weight excluding hydrogens is 512 g/mol. The van der Waals surface area contributed by atoms with Gasteiger partial charge >= 0.3 is 12.1 Å². The fourth-order valence-corrected chi connectivity index (χ4v) is 3.93. The number of urea groups is 2. The highest BCUT2D eigenvalue weighted by molar-refractivity contribution is 6.31. The summed E-state index contributed by atoms with van der Waals surface area (Å²) in [6.45, 7) is 3.39. The van der Waals surface area contributed by atoms with Crippen LogP contribution in [-0.4, -0.2) is 46.6 Å². The average Bonchev–Trinajstić information content (AvgIpc) is 2.89. The van der Waals surface area contributed by atoms with Crippen LogP contribution in [0.15, 0.2) is 71.8 Å². The summed E-state index contributed by atoms with van der Waals surface area (Å²) in [5.74, 6) is 0.498. The normalized spacial score (nSPS) is 18.8. The molecule has 1 fully saturated rings. The molecule has 1 saturated heterocycles. The number of allylic oxidation sites excluding steroid dienone is 1. The molecule has 2 aliphatic rings. The summed E-state index contributed by atoms with van der Waals surface area (Å²) in [5, 5.41) is 12.4. The number of nitrogens with zero attached hydrogens (tertiary/aromatic N) is 3. The van der Waals surface area contributed by atoms with Crippen LogP contribution in [0.25, 0.3) is 0 Å². The van der Waals surface area contributed by atoms with Crippen LogP contribution in [0, 0.1) is 12.5 Å². The summed E-state index contributed by atoms with van der Waals surface area (Å²) < 4.78 is 5.85. The fourth-order valence-electron chi connectivity index (χ4n) is 3.81. The van der Waals surface area contributed by atoms with Gasteiger partial charge in [0.25, 0.3) is 5.91 Å². The van der Waals surface area contributed by atoms with Gasteiger partial charge in [-0.15, -0.1) is 0 Å². The van der Waals surface area contributed by atoms with E-state index in [1.807, 2.05) is 37.5 Å². The van der Waals surface area contributed by atoms with Gasteiger partial charge in [0.05, 0.1) is 6.54 Å². The van der Waals surface area contributed by atoms with E-state index in [1.54, 1.807) is 42.6 Å². The summed E-state index contributed by atoms with van der Waals surface area (Å²) in [6, 6.07) is 11.2. The van der Waals surface area contributed by atoms with Gasteiger partial charge in [-0.25, -0.2) is 19.9 Å². The number of carbonyl (C=O) groups is 3. The minimum atomic E-state index is -0.924. The third-order valence-corrected chi connectivity index (χ3v) is 6.21. The number of dihydropyridines is 1. The van der Waals surface area contributed by atoms with Crippen LogP contribution < -0.4 is 26.1 Å². The Morgan fingerprint density at radius 3 is 2.63 bits per heavy atom. The lowest BCUT2D eigenvalue weighted by Crippen LogP contribution is -2.67. The van der Waals surface area contributed by atoms with E-state index in [1.165, 1.54) is 4.90 Å². The first-order valence-electron chi connectivity index (χ1n) is 11.7. The van der Waals surface area contributed by atoms with E-state index in [-0.39, 0.29) is 12.6 Å².